The van der Waals surface area contributed by atoms with Gasteiger partial charge in [0.05, 0.1) is 18.3 Å². The molecule has 0 amide bonds. The van der Waals surface area contributed by atoms with E-state index in [9.17, 15) is 45.3 Å². The molecule has 7 fully saturated rings. The Labute approximate surface area is 355 Å². The van der Waals surface area contributed by atoms with Gasteiger partial charge in [0.25, 0.3) is 0 Å². The van der Waals surface area contributed by atoms with Gasteiger partial charge in [-0.2, -0.15) is 8.42 Å². The number of carbonyl (C=O) groups excluding carboxylic acids is 2. The average molecular weight is 886 g/mol. The lowest BCUT2D eigenvalue weighted by Crippen LogP contribution is -2.85. The number of aliphatic hydroxyl groups is 6. The van der Waals surface area contributed by atoms with Crippen LogP contribution in [0.5, 0.6) is 11.5 Å². The zero-order valence-electron chi connectivity index (χ0n) is 35.7. The average Bonchev–Trinajstić information content (AvgIpc) is 3.31. The molecule has 19 heteroatoms. The summed E-state index contributed by atoms with van der Waals surface area (Å²) >= 11 is 0. The smallest absolute Gasteiger partial charge is 0.394 e. The third-order valence-electron chi connectivity index (χ3n) is 15.8. The van der Waals surface area contributed by atoms with Crippen LogP contribution in [0.4, 0.5) is 0 Å². The molecule has 8 rings (SSSR count). The number of hydrogen-bond acceptors (Lipinski definition) is 16. The monoisotopic (exact) mass is 885 g/mol. The molecule has 1 aromatic carbocycles. The normalized spacial score (nSPS) is 44.7. The summed E-state index contributed by atoms with van der Waals surface area (Å²) in [5.74, 6) is -4.97. The van der Waals surface area contributed by atoms with Gasteiger partial charge in [-0.1, -0.05) is 19.9 Å². The van der Waals surface area contributed by atoms with Crippen LogP contribution in [0.25, 0.3) is 0 Å². The number of carbonyl (C=O) groups is 2. The number of phenols is 2. The summed E-state index contributed by atoms with van der Waals surface area (Å²) in [5, 5.41) is 92.5. The van der Waals surface area contributed by atoms with Crippen molar-refractivity contribution in [3.05, 3.63) is 34.9 Å². The number of phenolic OH excluding ortho intramolecular Hbond substituents is 2. The molecule has 0 aromatic heterocycles. The van der Waals surface area contributed by atoms with Gasteiger partial charge in [-0.15, -0.1) is 0 Å². The number of aromatic hydroxyl groups is 2. The molecule has 3 saturated heterocycles. The number of allylic oxidation sites excluding steroid dienone is 1. The number of benzene rings is 1. The van der Waals surface area contributed by atoms with Crippen LogP contribution in [0, 0.1) is 36.0 Å². The number of nitrogens with zero attached hydrogens (tertiary/aromatic N) is 1. The van der Waals surface area contributed by atoms with Crippen molar-refractivity contribution in [3.63, 3.8) is 0 Å². The second-order valence-electron chi connectivity index (χ2n) is 19.0. The van der Waals surface area contributed by atoms with E-state index in [1.807, 2.05) is 6.92 Å². The summed E-state index contributed by atoms with van der Waals surface area (Å²) < 4.78 is 48.9. The van der Waals surface area contributed by atoms with Gasteiger partial charge in [-0.3, -0.25) is 14.0 Å². The van der Waals surface area contributed by atoms with Gasteiger partial charge in [-0.05, 0) is 90.7 Å². The van der Waals surface area contributed by atoms with Crippen LogP contribution in [0.1, 0.15) is 109 Å². The first-order valence-electron chi connectivity index (χ1n) is 21.0. The maximum Gasteiger partial charge on any atom is 0.394 e. The van der Waals surface area contributed by atoms with E-state index >= 15 is 0 Å². The van der Waals surface area contributed by atoms with Crippen molar-refractivity contribution in [2.24, 2.45) is 29.1 Å². The fourth-order valence-corrected chi connectivity index (χ4v) is 13.0. The van der Waals surface area contributed by atoms with E-state index in [0.29, 0.717) is 55.7 Å². The highest BCUT2D eigenvalue weighted by molar-refractivity contribution is 7.79. The molecule has 4 bridgehead atoms. The van der Waals surface area contributed by atoms with Crippen LogP contribution < -0.4 is 0 Å². The summed E-state index contributed by atoms with van der Waals surface area (Å²) in [6, 6.07) is 2.12. The third kappa shape index (κ3) is 7.10. The number of aliphatic hydroxyl groups excluding tert-OH is 1. The number of aryl methyl sites for hydroxylation is 1. The highest BCUT2D eigenvalue weighted by Crippen LogP contribution is 2.78. The van der Waals surface area contributed by atoms with E-state index < -0.39 is 91.5 Å². The Bertz CT molecular complexity index is 2010. The van der Waals surface area contributed by atoms with E-state index in [-0.39, 0.29) is 49.1 Å². The van der Waals surface area contributed by atoms with Crippen molar-refractivity contribution >= 4 is 22.3 Å². The van der Waals surface area contributed by atoms with Crippen molar-refractivity contribution in [1.29, 1.82) is 0 Å². The molecule has 7 aliphatic rings. The summed E-state index contributed by atoms with van der Waals surface area (Å²) in [7, 11) is -4.67. The Morgan fingerprint density at radius 3 is 2.16 bits per heavy atom. The molecule has 14 atom stereocenters. The second-order valence-corrected chi connectivity index (χ2v) is 19.9. The van der Waals surface area contributed by atoms with Crippen LogP contribution >= 0.6 is 0 Å². The minimum absolute atomic E-state index is 0.0606. The van der Waals surface area contributed by atoms with Crippen LogP contribution in [0.2, 0.25) is 0 Å². The van der Waals surface area contributed by atoms with Crippen molar-refractivity contribution in [2.75, 3.05) is 19.7 Å². The number of fused-ring (bicyclic) bond motifs is 5. The molecule has 3 aliphatic heterocycles. The molecule has 1 spiro atoms. The topological polar surface area (TPSA) is 302 Å². The first-order chi connectivity index (χ1) is 28.0. The molecule has 14 unspecified atom stereocenters. The highest BCUT2D eigenvalue weighted by atomic mass is 32.3. The predicted octanol–water partition coefficient (Wildman–Crippen LogP) is 1.92. The van der Waals surface area contributed by atoms with E-state index in [2.05, 4.69) is 11.8 Å². The first kappa shape index (κ1) is 47.5. The third-order valence-corrected chi connectivity index (χ3v) is 15.8. The quantitative estimate of drug-likeness (QED) is 0.117. The molecule has 4 saturated carbocycles. The fraction of sp³-hybridized carbons (Fsp3) is 0.762. The minimum Gasteiger partial charge on any atom is -0.508 e. The standard InChI is InChI=1S/C32H49NO9.C10H12O4.H2O4S/c1-6-18(3)25(35)41-24-11-12-26(4)19-8-9-20-28(37)13-23(34)31(39)21(29(28,38)16-30(20,26)42-32(19,24)40)15-33-14-17(2)7-10-22(33)27(31,5)36;1-3-14-10(13)9-6(2)4-7(11)5-8(9)12;1-5(2,3)4/h6,17,19-24,34,36-40H,7-16H2,1-5H3;4-5,11-12H,3H2,1-2H3;(H2,1,2,3,4). The van der Waals surface area contributed by atoms with E-state index in [1.165, 1.54) is 6.07 Å². The van der Waals surface area contributed by atoms with Crippen molar-refractivity contribution < 1.29 is 82.2 Å². The van der Waals surface area contributed by atoms with Crippen LogP contribution in [-0.4, -0.2) is 147 Å². The van der Waals surface area contributed by atoms with Crippen molar-refractivity contribution in [2.45, 2.75) is 152 Å². The first-order valence-corrected chi connectivity index (χ1v) is 22.4. The lowest BCUT2D eigenvalue weighted by atomic mass is 9.49. The molecule has 1 aromatic rings. The maximum atomic E-state index is 12.9. The Morgan fingerprint density at radius 1 is 0.951 bits per heavy atom. The second kappa shape index (κ2) is 15.6. The van der Waals surface area contributed by atoms with Crippen LogP contribution in [-0.2, 0) is 29.4 Å². The van der Waals surface area contributed by atoms with Gasteiger partial charge in [0.1, 0.15) is 39.5 Å². The summed E-state index contributed by atoms with van der Waals surface area (Å²) in [5.41, 5.74) is -8.37. The zero-order valence-corrected chi connectivity index (χ0v) is 36.6. The zero-order chi connectivity index (χ0) is 45.7. The van der Waals surface area contributed by atoms with Gasteiger partial charge in [-0.25, -0.2) is 9.59 Å². The highest BCUT2D eigenvalue weighted by Gasteiger charge is 2.88. The number of piperidine rings is 2. The Morgan fingerprint density at radius 2 is 1.57 bits per heavy atom. The molecular weight excluding hydrogens is 823 g/mol. The Hall–Kier alpha value is -2.95. The molecule has 18 nitrogen and oxygen atoms in total. The SMILES string of the molecule is CC=C(C)C(=O)OC1CCC2(C)C3CCC4C5(O)CC(O)C6(O)C(CN7CC(C)CCC7C6(C)O)C5(O)CC42OC13O.CCOC(=O)c1c(C)cc(O)cc1O.O=S(=O)(O)O. The number of rotatable bonds is 4. The van der Waals surface area contributed by atoms with E-state index in [1.54, 1.807) is 40.7 Å². The number of hydrogen-bond donors (Lipinski definition) is 10. The van der Waals surface area contributed by atoms with Crippen LogP contribution in [0.3, 0.4) is 0 Å². The van der Waals surface area contributed by atoms with E-state index in [0.717, 1.165) is 12.5 Å². The van der Waals surface area contributed by atoms with Gasteiger partial charge in [0.2, 0.25) is 5.79 Å². The maximum absolute atomic E-state index is 12.9. The molecule has 61 heavy (non-hydrogen) atoms. The summed E-state index contributed by atoms with van der Waals surface area (Å²) in [4.78, 5) is 26.2. The lowest BCUT2D eigenvalue weighted by Gasteiger charge is -2.68. The molecule has 4 aliphatic carbocycles. The van der Waals surface area contributed by atoms with Gasteiger partial charge < -0.3 is 55.1 Å². The number of ether oxygens (including phenoxy) is 3. The lowest BCUT2D eigenvalue weighted by molar-refractivity contribution is -0.354. The predicted molar refractivity (Wildman–Crippen MR) is 214 cm³/mol. The molecule has 0 radical (unpaired) electrons. The summed E-state index contributed by atoms with van der Waals surface area (Å²) in [6.07, 6.45) is 2.30. The van der Waals surface area contributed by atoms with Gasteiger partial charge in [0.15, 0.2) is 6.10 Å². The number of esters is 2. The minimum atomic E-state index is -4.67. The Kier molecular flexibility index (Phi) is 12.2. The summed E-state index contributed by atoms with van der Waals surface area (Å²) in [6.45, 7) is 13.6. The fourth-order valence-electron chi connectivity index (χ4n) is 13.0. The van der Waals surface area contributed by atoms with Gasteiger partial charge >= 0.3 is 22.3 Å². The van der Waals surface area contributed by atoms with Crippen LogP contribution in [0.15, 0.2) is 23.8 Å². The Balaban J connectivity index is 0.000000273. The molecule has 10 N–H and O–H groups in total. The molecule has 3 heterocycles. The molecular formula is C42H63NO17S. The van der Waals surface area contributed by atoms with E-state index in [4.69, 9.17) is 36.8 Å². The van der Waals surface area contributed by atoms with Gasteiger partial charge in [0, 0.05) is 66.8 Å². The molecule has 344 valence electrons. The van der Waals surface area contributed by atoms with Crippen molar-refractivity contribution in [1.82, 2.24) is 4.90 Å². The van der Waals surface area contributed by atoms with Crippen molar-refractivity contribution in [3.8, 4) is 11.5 Å². The largest absolute Gasteiger partial charge is 0.508 e.